The van der Waals surface area contributed by atoms with Gasteiger partial charge in [-0.3, -0.25) is 14.6 Å². The maximum Gasteiger partial charge on any atom is 0.242 e. The van der Waals surface area contributed by atoms with Crippen LogP contribution in [0.15, 0.2) is 53.4 Å². The van der Waals surface area contributed by atoms with Crippen molar-refractivity contribution in [3.63, 3.8) is 0 Å². The first kappa shape index (κ1) is 24.7. The van der Waals surface area contributed by atoms with E-state index in [-0.39, 0.29) is 29.9 Å². The Morgan fingerprint density at radius 2 is 1.69 bits per heavy atom. The molecule has 3 rings (SSSR count). The Bertz CT molecular complexity index is 1040. The molecule has 0 aromatic heterocycles. The van der Waals surface area contributed by atoms with Gasteiger partial charge in [-0.15, -0.1) is 0 Å². The van der Waals surface area contributed by atoms with E-state index in [1.165, 1.54) is 18.4 Å². The molecular formula is C23H31ClN4O3S. The van der Waals surface area contributed by atoms with E-state index in [1.54, 1.807) is 24.3 Å². The van der Waals surface area contributed by atoms with Gasteiger partial charge in [-0.1, -0.05) is 48.0 Å². The van der Waals surface area contributed by atoms with E-state index < -0.39 is 10.0 Å². The van der Waals surface area contributed by atoms with Gasteiger partial charge in [0.1, 0.15) is 0 Å². The maximum atomic E-state index is 12.5. The van der Waals surface area contributed by atoms with Crippen LogP contribution in [0.3, 0.4) is 0 Å². The van der Waals surface area contributed by atoms with Gasteiger partial charge in [-0.2, -0.15) is 0 Å². The van der Waals surface area contributed by atoms with Gasteiger partial charge in [-0.25, -0.2) is 12.7 Å². The molecule has 1 unspecified atom stereocenters. The van der Waals surface area contributed by atoms with E-state index in [0.717, 1.165) is 36.8 Å². The smallest absolute Gasteiger partial charge is 0.242 e. The predicted molar refractivity (Wildman–Crippen MR) is 127 cm³/mol. The highest BCUT2D eigenvalue weighted by Gasteiger charge is 2.25. The van der Waals surface area contributed by atoms with Crippen molar-refractivity contribution >= 4 is 27.5 Å². The third kappa shape index (κ3) is 5.88. The molecule has 32 heavy (non-hydrogen) atoms. The van der Waals surface area contributed by atoms with Crippen molar-refractivity contribution < 1.29 is 13.2 Å². The van der Waals surface area contributed by atoms with Gasteiger partial charge in [0, 0.05) is 57.9 Å². The minimum Gasteiger partial charge on any atom is -0.351 e. The number of nitrogens with zero attached hydrogens (tertiary/aromatic N) is 3. The Kier molecular flexibility index (Phi) is 8.30. The second-order valence-electron chi connectivity index (χ2n) is 8.18. The maximum absolute atomic E-state index is 12.5. The molecule has 1 fully saturated rings. The van der Waals surface area contributed by atoms with Crippen LogP contribution in [0.2, 0.25) is 5.02 Å². The Morgan fingerprint density at radius 1 is 1.06 bits per heavy atom. The van der Waals surface area contributed by atoms with Crippen LogP contribution >= 0.6 is 11.6 Å². The van der Waals surface area contributed by atoms with Crippen LogP contribution in [0, 0.1) is 0 Å². The summed E-state index contributed by atoms with van der Waals surface area (Å²) in [5.41, 5.74) is 1.69. The Hall–Kier alpha value is -1.97. The van der Waals surface area contributed by atoms with Crippen molar-refractivity contribution in [2.75, 3.05) is 46.8 Å². The van der Waals surface area contributed by atoms with Gasteiger partial charge >= 0.3 is 0 Å². The molecule has 7 nitrogen and oxygen atoms in total. The van der Waals surface area contributed by atoms with Crippen molar-refractivity contribution in [1.29, 1.82) is 0 Å². The molecule has 0 radical (unpaired) electrons. The first-order chi connectivity index (χ1) is 15.2. The number of nitrogens with one attached hydrogen (secondary N) is 1. The second kappa shape index (κ2) is 10.8. The lowest BCUT2D eigenvalue weighted by Crippen LogP contribution is -2.49. The zero-order valence-corrected chi connectivity index (χ0v) is 20.4. The number of carbonyl (C=O) groups is 1. The molecule has 0 aliphatic carbocycles. The highest BCUT2D eigenvalue weighted by Crippen LogP contribution is 2.27. The first-order valence-electron chi connectivity index (χ1n) is 10.7. The van der Waals surface area contributed by atoms with Gasteiger partial charge in [0.25, 0.3) is 0 Å². The third-order valence-electron chi connectivity index (χ3n) is 5.88. The lowest BCUT2D eigenvalue weighted by Gasteiger charge is -2.38. The molecule has 1 saturated heterocycles. The van der Waals surface area contributed by atoms with Gasteiger partial charge in [0.05, 0.1) is 11.4 Å². The van der Waals surface area contributed by atoms with Gasteiger partial charge in [0.15, 0.2) is 0 Å². The van der Waals surface area contributed by atoms with E-state index in [9.17, 15) is 13.2 Å². The zero-order valence-electron chi connectivity index (χ0n) is 18.8. The summed E-state index contributed by atoms with van der Waals surface area (Å²) in [4.78, 5) is 17.2. The average molecular weight is 479 g/mol. The molecule has 0 bridgehead atoms. The summed E-state index contributed by atoms with van der Waals surface area (Å²) in [5, 5.41) is 3.65. The lowest BCUT2D eigenvalue weighted by molar-refractivity contribution is -0.122. The molecule has 1 amide bonds. The summed E-state index contributed by atoms with van der Waals surface area (Å²) in [6.45, 7) is 5.89. The SMILES string of the molecule is CC(c1ccccc1Cl)N1CCN(CC(=O)NCc2ccccc2S(=O)(=O)N(C)C)CC1. The minimum atomic E-state index is -3.57. The number of amides is 1. The van der Waals surface area contributed by atoms with Crippen LogP contribution in [-0.2, 0) is 21.4 Å². The van der Waals surface area contributed by atoms with Crippen LogP contribution in [0.25, 0.3) is 0 Å². The van der Waals surface area contributed by atoms with E-state index in [0.29, 0.717) is 5.56 Å². The standard InChI is InChI=1S/C23H31ClN4O3S/c1-18(20-9-5-6-10-21(20)24)28-14-12-27(13-15-28)17-23(29)25-16-19-8-4-7-11-22(19)32(30,31)26(2)3/h4-11,18H,12-17H2,1-3H3,(H,25,29). The first-order valence-corrected chi connectivity index (χ1v) is 12.5. The van der Waals surface area contributed by atoms with Crippen LogP contribution in [0.5, 0.6) is 0 Å². The highest BCUT2D eigenvalue weighted by molar-refractivity contribution is 7.89. The molecule has 1 N–H and O–H groups in total. The third-order valence-corrected chi connectivity index (χ3v) is 8.14. The summed E-state index contributed by atoms with van der Waals surface area (Å²) >= 11 is 6.35. The largest absolute Gasteiger partial charge is 0.351 e. The fourth-order valence-electron chi connectivity index (χ4n) is 3.87. The normalized spacial score (nSPS) is 16.8. The van der Waals surface area contributed by atoms with Crippen molar-refractivity contribution in [2.45, 2.75) is 24.4 Å². The van der Waals surface area contributed by atoms with Crippen molar-refractivity contribution in [1.82, 2.24) is 19.4 Å². The summed E-state index contributed by atoms with van der Waals surface area (Å²) < 4.78 is 26.2. The van der Waals surface area contributed by atoms with E-state index in [2.05, 4.69) is 28.1 Å². The minimum absolute atomic E-state index is 0.116. The highest BCUT2D eigenvalue weighted by atomic mass is 35.5. The number of halogens is 1. The topological polar surface area (TPSA) is 73.0 Å². The average Bonchev–Trinajstić information content (AvgIpc) is 2.78. The van der Waals surface area contributed by atoms with Crippen molar-refractivity contribution in [3.05, 3.63) is 64.7 Å². The number of sulfonamides is 1. The van der Waals surface area contributed by atoms with Gasteiger partial charge < -0.3 is 5.32 Å². The molecule has 1 atom stereocenters. The number of hydrogen-bond donors (Lipinski definition) is 1. The molecule has 1 aliphatic heterocycles. The summed E-state index contributed by atoms with van der Waals surface area (Å²) in [7, 11) is -0.572. The van der Waals surface area contributed by atoms with E-state index >= 15 is 0 Å². The van der Waals surface area contributed by atoms with E-state index in [4.69, 9.17) is 11.6 Å². The molecule has 0 spiro atoms. The summed E-state index contributed by atoms with van der Waals surface area (Å²) in [6.07, 6.45) is 0. The fraction of sp³-hybridized carbons (Fsp3) is 0.435. The van der Waals surface area contributed by atoms with Crippen LogP contribution < -0.4 is 5.32 Å². The van der Waals surface area contributed by atoms with Crippen LogP contribution in [0.1, 0.15) is 24.1 Å². The molecule has 9 heteroatoms. The zero-order chi connectivity index (χ0) is 23.3. The van der Waals surface area contributed by atoms with Gasteiger partial charge in [0.2, 0.25) is 15.9 Å². The Labute approximate surface area is 196 Å². The second-order valence-corrected chi connectivity index (χ2v) is 10.7. The fourth-order valence-corrected chi connectivity index (χ4v) is 5.28. The molecule has 2 aromatic rings. The van der Waals surface area contributed by atoms with Gasteiger partial charge in [-0.05, 0) is 30.2 Å². The predicted octanol–water partition coefficient (Wildman–Crippen LogP) is 2.59. The number of hydrogen-bond acceptors (Lipinski definition) is 5. The molecule has 0 saturated carbocycles. The molecule has 174 valence electrons. The number of benzene rings is 2. The molecule has 2 aromatic carbocycles. The van der Waals surface area contributed by atoms with Crippen molar-refractivity contribution in [3.8, 4) is 0 Å². The number of rotatable bonds is 8. The Balaban J connectivity index is 1.51. The molecule has 1 heterocycles. The Morgan fingerprint density at radius 3 is 2.34 bits per heavy atom. The number of carbonyl (C=O) groups excluding carboxylic acids is 1. The molecular weight excluding hydrogens is 448 g/mol. The van der Waals surface area contributed by atoms with Crippen LogP contribution in [0.4, 0.5) is 0 Å². The summed E-state index contributed by atoms with van der Waals surface area (Å²) in [6, 6.07) is 14.9. The quantitative estimate of drug-likeness (QED) is 0.631. The monoisotopic (exact) mass is 478 g/mol. The van der Waals surface area contributed by atoms with Crippen molar-refractivity contribution in [2.24, 2.45) is 0 Å². The lowest BCUT2D eigenvalue weighted by atomic mass is 10.1. The summed E-state index contributed by atoms with van der Waals surface area (Å²) in [5.74, 6) is -0.116. The van der Waals surface area contributed by atoms with E-state index in [1.807, 2.05) is 18.2 Å². The number of piperazine rings is 1. The molecule has 1 aliphatic rings. The van der Waals surface area contributed by atoms with Crippen LogP contribution in [-0.4, -0.2) is 75.2 Å².